The molecule has 7 heteroatoms. The number of aromatic nitrogens is 2. The van der Waals surface area contributed by atoms with Crippen LogP contribution < -0.4 is 15.5 Å². The third-order valence-electron chi connectivity index (χ3n) is 6.05. The van der Waals surface area contributed by atoms with Crippen molar-refractivity contribution in [2.45, 2.75) is 56.1 Å². The van der Waals surface area contributed by atoms with Crippen LogP contribution in [0.25, 0.3) is 10.9 Å². The number of nitrogens with zero attached hydrogens (tertiary/aromatic N) is 3. The van der Waals surface area contributed by atoms with Crippen molar-refractivity contribution in [1.29, 1.82) is 0 Å². The lowest BCUT2D eigenvalue weighted by Gasteiger charge is -2.30. The highest BCUT2D eigenvalue weighted by Gasteiger charge is 2.24. The van der Waals surface area contributed by atoms with E-state index < -0.39 is 0 Å². The van der Waals surface area contributed by atoms with Crippen LogP contribution >= 0.6 is 11.8 Å². The minimum Gasteiger partial charge on any atom is -0.377 e. The number of rotatable bonds is 8. The van der Waals surface area contributed by atoms with Gasteiger partial charge in [0.1, 0.15) is 10.8 Å². The van der Waals surface area contributed by atoms with E-state index in [9.17, 15) is 4.79 Å². The summed E-state index contributed by atoms with van der Waals surface area (Å²) in [6.07, 6.45) is 6.72. The van der Waals surface area contributed by atoms with Gasteiger partial charge in [0.2, 0.25) is 0 Å². The Hall–Kier alpha value is -2.80. The standard InChI is InChI=1S/C26H33N5OS/c1-4-16-33-26-21(9-7-15-27-26)25(32)29-19-13-11-18(12-14-19)28-24-17-23(31(2)3)20-8-5-6-10-22(20)30-24/h5-10,15,17-19H,4,11-14,16H2,1-3H3,(H,28,30)(H,29,32)/t18-,19+. The first-order valence-electron chi connectivity index (χ1n) is 11.8. The largest absolute Gasteiger partial charge is 0.377 e. The Balaban J connectivity index is 1.36. The van der Waals surface area contributed by atoms with Gasteiger partial charge in [0.15, 0.2) is 0 Å². The number of benzene rings is 1. The molecule has 0 bridgehead atoms. The van der Waals surface area contributed by atoms with Crippen LogP contribution in [0.4, 0.5) is 11.5 Å². The molecule has 1 aliphatic carbocycles. The second-order valence-corrected chi connectivity index (χ2v) is 9.89. The molecule has 6 nitrogen and oxygen atoms in total. The van der Waals surface area contributed by atoms with Crippen LogP contribution in [-0.4, -0.2) is 47.8 Å². The maximum atomic E-state index is 12.9. The molecule has 0 saturated heterocycles. The van der Waals surface area contributed by atoms with E-state index in [-0.39, 0.29) is 11.9 Å². The van der Waals surface area contributed by atoms with Crippen LogP contribution in [0.2, 0.25) is 0 Å². The molecule has 0 radical (unpaired) electrons. The minimum absolute atomic E-state index is 0.00932. The predicted molar refractivity (Wildman–Crippen MR) is 138 cm³/mol. The lowest BCUT2D eigenvalue weighted by Crippen LogP contribution is -2.40. The van der Waals surface area contributed by atoms with Gasteiger partial charge >= 0.3 is 0 Å². The van der Waals surface area contributed by atoms with Crippen LogP contribution in [0, 0.1) is 0 Å². The zero-order valence-electron chi connectivity index (χ0n) is 19.7. The van der Waals surface area contributed by atoms with Crippen molar-refractivity contribution >= 4 is 40.1 Å². The van der Waals surface area contributed by atoms with Crippen LogP contribution in [-0.2, 0) is 0 Å². The SMILES string of the molecule is CCCSc1ncccc1C(=O)N[C@H]1CC[C@@H](Nc2cc(N(C)C)c3ccccc3n2)CC1. The number of carbonyl (C=O) groups is 1. The molecule has 4 rings (SSSR count). The lowest BCUT2D eigenvalue weighted by atomic mass is 9.91. The van der Waals surface area contributed by atoms with Gasteiger partial charge in [-0.05, 0) is 56.1 Å². The maximum absolute atomic E-state index is 12.9. The number of pyridine rings is 2. The van der Waals surface area contributed by atoms with Crippen molar-refractivity contribution in [1.82, 2.24) is 15.3 Å². The number of nitrogens with one attached hydrogen (secondary N) is 2. The summed E-state index contributed by atoms with van der Waals surface area (Å²) < 4.78 is 0. The molecule has 2 heterocycles. The Kier molecular flexibility index (Phi) is 7.70. The van der Waals surface area contributed by atoms with E-state index in [2.05, 4.69) is 65.8 Å². The summed E-state index contributed by atoms with van der Waals surface area (Å²) in [4.78, 5) is 24.3. The molecular formula is C26H33N5OS. The smallest absolute Gasteiger partial charge is 0.254 e. The van der Waals surface area contributed by atoms with Crippen LogP contribution in [0.1, 0.15) is 49.4 Å². The van der Waals surface area contributed by atoms with Gasteiger partial charge in [-0.15, -0.1) is 11.8 Å². The van der Waals surface area contributed by atoms with Gasteiger partial charge in [-0.2, -0.15) is 0 Å². The highest BCUT2D eigenvalue weighted by atomic mass is 32.2. The number of thioether (sulfide) groups is 1. The maximum Gasteiger partial charge on any atom is 0.254 e. The highest BCUT2D eigenvalue weighted by molar-refractivity contribution is 7.99. The molecule has 1 amide bonds. The topological polar surface area (TPSA) is 70.2 Å². The summed E-state index contributed by atoms with van der Waals surface area (Å²) in [6.45, 7) is 2.14. The molecule has 0 atom stereocenters. The first-order chi connectivity index (χ1) is 16.0. The zero-order chi connectivity index (χ0) is 23.2. The van der Waals surface area contributed by atoms with Crippen molar-refractivity contribution in [2.75, 3.05) is 30.1 Å². The number of amides is 1. The molecule has 1 fully saturated rings. The number of carbonyl (C=O) groups excluding carboxylic acids is 1. The van der Waals surface area contributed by atoms with Crippen LogP contribution in [0.15, 0.2) is 53.7 Å². The van der Waals surface area contributed by atoms with Gasteiger partial charge < -0.3 is 15.5 Å². The molecule has 174 valence electrons. The third-order valence-corrected chi connectivity index (χ3v) is 7.26. The van der Waals surface area contributed by atoms with Gasteiger partial charge in [0.25, 0.3) is 5.91 Å². The van der Waals surface area contributed by atoms with E-state index >= 15 is 0 Å². The molecule has 3 aromatic rings. The summed E-state index contributed by atoms with van der Waals surface area (Å²) in [5.74, 6) is 1.87. The molecule has 1 aliphatic rings. The normalized spacial score (nSPS) is 18.2. The zero-order valence-corrected chi connectivity index (χ0v) is 20.5. The van der Waals surface area contributed by atoms with E-state index in [4.69, 9.17) is 4.98 Å². The van der Waals surface area contributed by atoms with Gasteiger partial charge in [0.05, 0.1) is 11.1 Å². The van der Waals surface area contributed by atoms with Gasteiger partial charge in [-0.3, -0.25) is 4.79 Å². The summed E-state index contributed by atoms with van der Waals surface area (Å²) in [5.41, 5.74) is 2.85. The number of fused-ring (bicyclic) bond motifs is 1. The summed E-state index contributed by atoms with van der Waals surface area (Å²) in [6, 6.07) is 14.7. The van der Waals surface area contributed by atoms with E-state index in [1.54, 1.807) is 18.0 Å². The first kappa shape index (κ1) is 23.4. The van der Waals surface area contributed by atoms with Crippen molar-refractivity contribution in [3.8, 4) is 0 Å². The van der Waals surface area contributed by atoms with E-state index in [0.717, 1.165) is 65.3 Å². The minimum atomic E-state index is -0.00932. The Morgan fingerprint density at radius 2 is 1.85 bits per heavy atom. The van der Waals surface area contributed by atoms with Crippen LogP contribution in [0.3, 0.4) is 0 Å². The van der Waals surface area contributed by atoms with Crippen molar-refractivity contribution in [3.05, 3.63) is 54.2 Å². The molecule has 33 heavy (non-hydrogen) atoms. The molecule has 1 saturated carbocycles. The monoisotopic (exact) mass is 463 g/mol. The van der Waals surface area contributed by atoms with Crippen molar-refractivity contribution in [2.24, 2.45) is 0 Å². The third kappa shape index (κ3) is 5.77. The number of para-hydroxylation sites is 1. The van der Waals surface area contributed by atoms with Gasteiger partial charge in [-0.25, -0.2) is 9.97 Å². The number of hydrogen-bond acceptors (Lipinski definition) is 6. The average molecular weight is 464 g/mol. The average Bonchev–Trinajstić information content (AvgIpc) is 2.83. The summed E-state index contributed by atoms with van der Waals surface area (Å²) in [7, 11) is 4.13. The fraction of sp³-hybridized carbons (Fsp3) is 0.423. The molecule has 2 N–H and O–H groups in total. The summed E-state index contributed by atoms with van der Waals surface area (Å²) in [5, 5.41) is 8.87. The quantitative estimate of drug-likeness (QED) is 0.439. The van der Waals surface area contributed by atoms with Gasteiger partial charge in [-0.1, -0.05) is 25.1 Å². The Labute approximate surface area is 200 Å². The van der Waals surface area contributed by atoms with Crippen LogP contribution in [0.5, 0.6) is 0 Å². The second kappa shape index (κ2) is 10.9. The van der Waals surface area contributed by atoms with E-state index in [1.165, 1.54) is 0 Å². The molecule has 1 aromatic carbocycles. The molecule has 0 unspecified atom stereocenters. The van der Waals surface area contributed by atoms with Crippen molar-refractivity contribution < 1.29 is 4.79 Å². The first-order valence-corrected chi connectivity index (χ1v) is 12.8. The second-order valence-electron chi connectivity index (χ2n) is 8.81. The lowest BCUT2D eigenvalue weighted by molar-refractivity contribution is 0.0923. The van der Waals surface area contributed by atoms with E-state index in [1.807, 2.05) is 18.2 Å². The Morgan fingerprint density at radius 3 is 2.61 bits per heavy atom. The number of anilines is 2. The molecule has 0 spiro atoms. The summed E-state index contributed by atoms with van der Waals surface area (Å²) >= 11 is 1.65. The fourth-order valence-electron chi connectivity index (χ4n) is 4.33. The molecular weight excluding hydrogens is 430 g/mol. The van der Waals surface area contributed by atoms with Gasteiger partial charge in [0, 0.05) is 49.5 Å². The predicted octanol–water partition coefficient (Wildman–Crippen LogP) is 5.35. The molecule has 0 aliphatic heterocycles. The Bertz CT molecular complexity index is 1090. The highest BCUT2D eigenvalue weighted by Crippen LogP contribution is 2.29. The molecule has 2 aromatic heterocycles. The van der Waals surface area contributed by atoms with Crippen molar-refractivity contribution in [3.63, 3.8) is 0 Å². The fourth-order valence-corrected chi connectivity index (χ4v) is 5.18. The number of hydrogen-bond donors (Lipinski definition) is 2. The van der Waals surface area contributed by atoms with E-state index in [0.29, 0.717) is 11.6 Å². The Morgan fingerprint density at radius 1 is 1.09 bits per heavy atom.